The highest BCUT2D eigenvalue weighted by molar-refractivity contribution is 5.92. The molecular formula is C18H27N3O2. The molecule has 1 aliphatic heterocycles. The van der Waals surface area contributed by atoms with Crippen molar-refractivity contribution in [3.63, 3.8) is 0 Å². The number of pyridine rings is 1. The van der Waals surface area contributed by atoms with Crippen LogP contribution >= 0.6 is 0 Å². The molecule has 2 rings (SSSR count). The maximum Gasteiger partial charge on any atom is 0.270 e. The molecule has 0 unspecified atom stereocenters. The van der Waals surface area contributed by atoms with E-state index >= 15 is 0 Å². The van der Waals surface area contributed by atoms with Crippen LogP contribution in [0.25, 0.3) is 0 Å². The van der Waals surface area contributed by atoms with Crippen molar-refractivity contribution >= 4 is 5.91 Å². The van der Waals surface area contributed by atoms with Gasteiger partial charge in [-0.05, 0) is 38.3 Å². The van der Waals surface area contributed by atoms with Gasteiger partial charge in [-0.3, -0.25) is 9.78 Å². The molecule has 0 aliphatic carbocycles. The van der Waals surface area contributed by atoms with E-state index in [9.17, 15) is 9.90 Å². The van der Waals surface area contributed by atoms with Crippen LogP contribution in [-0.2, 0) is 0 Å². The third-order valence-corrected chi connectivity index (χ3v) is 4.38. The van der Waals surface area contributed by atoms with Crippen LogP contribution < -0.4 is 5.32 Å². The Balaban J connectivity index is 1.79. The summed E-state index contributed by atoms with van der Waals surface area (Å²) in [6, 6.07) is 5.04. The van der Waals surface area contributed by atoms with Crippen molar-refractivity contribution < 1.29 is 9.90 Å². The Bertz CT molecular complexity index is 530. The van der Waals surface area contributed by atoms with Crippen molar-refractivity contribution in [2.75, 3.05) is 19.6 Å². The first-order valence-electron chi connectivity index (χ1n) is 8.38. The van der Waals surface area contributed by atoms with Crippen molar-refractivity contribution in [3.8, 4) is 0 Å². The predicted molar refractivity (Wildman–Crippen MR) is 91.2 cm³/mol. The van der Waals surface area contributed by atoms with E-state index in [2.05, 4.69) is 35.1 Å². The lowest BCUT2D eigenvalue weighted by Crippen LogP contribution is -2.54. The first-order chi connectivity index (χ1) is 11.1. The van der Waals surface area contributed by atoms with E-state index in [1.165, 1.54) is 5.57 Å². The van der Waals surface area contributed by atoms with Crippen molar-refractivity contribution in [1.82, 2.24) is 15.2 Å². The normalized spacial score (nSPS) is 22.8. The molecule has 23 heavy (non-hydrogen) atoms. The Kier molecular flexibility index (Phi) is 6.74. The Hall–Kier alpha value is -1.72. The maximum absolute atomic E-state index is 12.1. The van der Waals surface area contributed by atoms with E-state index in [0.717, 1.165) is 32.4 Å². The van der Waals surface area contributed by atoms with Crippen molar-refractivity contribution in [1.29, 1.82) is 0 Å². The Morgan fingerprint density at radius 3 is 3.00 bits per heavy atom. The topological polar surface area (TPSA) is 65.5 Å². The number of piperidine rings is 1. The molecule has 1 amide bonds. The summed E-state index contributed by atoms with van der Waals surface area (Å²) in [5, 5.41) is 13.2. The minimum absolute atomic E-state index is 0.200. The Morgan fingerprint density at radius 1 is 1.52 bits per heavy atom. The summed E-state index contributed by atoms with van der Waals surface area (Å²) in [5.41, 5.74) is 1.80. The van der Waals surface area contributed by atoms with Gasteiger partial charge in [0, 0.05) is 25.8 Å². The standard InChI is InChI=1S/C18H27N3O2/c1-3-14(2)7-6-11-21-12-9-15(17(22)13-21)20-18(23)16-8-4-5-10-19-16/h4-5,7-8,10,15,17,22H,3,6,9,11-13H2,1-2H3,(H,20,23)/b14-7+/t15-,17-/m1/s1. The summed E-state index contributed by atoms with van der Waals surface area (Å²) in [5.74, 6) is -0.218. The Labute approximate surface area is 138 Å². The molecule has 2 atom stereocenters. The first-order valence-corrected chi connectivity index (χ1v) is 8.38. The minimum Gasteiger partial charge on any atom is -0.390 e. The number of hydrogen-bond donors (Lipinski definition) is 2. The average Bonchev–Trinajstić information content (AvgIpc) is 2.57. The minimum atomic E-state index is -0.535. The van der Waals surface area contributed by atoms with Crippen LogP contribution in [0.1, 0.15) is 43.6 Å². The highest BCUT2D eigenvalue weighted by Gasteiger charge is 2.28. The second-order valence-electron chi connectivity index (χ2n) is 6.14. The summed E-state index contributed by atoms with van der Waals surface area (Å²) >= 11 is 0. The summed E-state index contributed by atoms with van der Waals surface area (Å²) < 4.78 is 0. The van der Waals surface area contributed by atoms with E-state index in [0.29, 0.717) is 12.2 Å². The molecule has 0 spiro atoms. The molecule has 2 N–H and O–H groups in total. The number of hydrogen-bond acceptors (Lipinski definition) is 4. The van der Waals surface area contributed by atoms with Gasteiger partial charge in [-0.1, -0.05) is 24.6 Å². The number of carbonyl (C=O) groups is 1. The number of allylic oxidation sites excluding steroid dienone is 1. The third-order valence-electron chi connectivity index (χ3n) is 4.38. The summed E-state index contributed by atoms with van der Waals surface area (Å²) in [6.45, 7) is 6.75. The van der Waals surface area contributed by atoms with Gasteiger partial charge < -0.3 is 15.3 Å². The van der Waals surface area contributed by atoms with Crippen LogP contribution in [0, 0.1) is 0 Å². The molecule has 0 bridgehead atoms. The largest absolute Gasteiger partial charge is 0.390 e. The van der Waals surface area contributed by atoms with Crippen LogP contribution in [-0.4, -0.2) is 52.7 Å². The second kappa shape index (κ2) is 8.79. The number of rotatable bonds is 6. The average molecular weight is 317 g/mol. The van der Waals surface area contributed by atoms with Gasteiger partial charge in [0.05, 0.1) is 12.1 Å². The molecule has 1 saturated heterocycles. The van der Waals surface area contributed by atoms with E-state index < -0.39 is 6.10 Å². The first kappa shape index (κ1) is 17.6. The van der Waals surface area contributed by atoms with Gasteiger partial charge in [-0.15, -0.1) is 0 Å². The summed E-state index contributed by atoms with van der Waals surface area (Å²) in [7, 11) is 0. The van der Waals surface area contributed by atoms with Crippen LogP contribution in [0.2, 0.25) is 0 Å². The number of amides is 1. The predicted octanol–water partition coefficient (Wildman–Crippen LogP) is 1.99. The monoisotopic (exact) mass is 317 g/mol. The van der Waals surface area contributed by atoms with Gasteiger partial charge in [-0.25, -0.2) is 0 Å². The number of aliphatic hydroxyl groups is 1. The molecule has 126 valence electrons. The number of likely N-dealkylation sites (tertiary alicyclic amines) is 1. The summed E-state index contributed by atoms with van der Waals surface area (Å²) in [4.78, 5) is 18.4. The van der Waals surface area contributed by atoms with Gasteiger partial charge in [-0.2, -0.15) is 0 Å². The van der Waals surface area contributed by atoms with Gasteiger partial charge in [0.2, 0.25) is 0 Å². The number of carbonyl (C=O) groups excluding carboxylic acids is 1. The SMILES string of the molecule is CC/C(C)=C/CCN1CC[C@@H](NC(=O)c2ccccn2)[C@H](O)C1. The lowest BCUT2D eigenvalue weighted by molar-refractivity contribution is 0.0384. The second-order valence-corrected chi connectivity index (χ2v) is 6.14. The van der Waals surface area contributed by atoms with Crippen LogP contribution in [0.15, 0.2) is 36.0 Å². The lowest BCUT2D eigenvalue weighted by atomic mass is 10.0. The van der Waals surface area contributed by atoms with Crippen LogP contribution in [0.3, 0.4) is 0 Å². The molecule has 1 fully saturated rings. The molecule has 0 aromatic carbocycles. The zero-order chi connectivity index (χ0) is 16.7. The molecular weight excluding hydrogens is 290 g/mol. The number of aliphatic hydroxyl groups excluding tert-OH is 1. The molecule has 1 aromatic rings. The van der Waals surface area contributed by atoms with E-state index in [1.807, 2.05) is 0 Å². The fraction of sp³-hybridized carbons (Fsp3) is 0.556. The van der Waals surface area contributed by atoms with Gasteiger partial charge in [0.25, 0.3) is 5.91 Å². The zero-order valence-corrected chi connectivity index (χ0v) is 14.0. The highest BCUT2D eigenvalue weighted by atomic mass is 16.3. The smallest absolute Gasteiger partial charge is 0.270 e. The van der Waals surface area contributed by atoms with Gasteiger partial charge in [0.1, 0.15) is 5.69 Å². The van der Waals surface area contributed by atoms with Crippen molar-refractivity contribution in [2.45, 2.75) is 45.3 Å². The maximum atomic E-state index is 12.1. The quantitative estimate of drug-likeness (QED) is 0.788. The fourth-order valence-corrected chi connectivity index (χ4v) is 2.75. The van der Waals surface area contributed by atoms with Crippen LogP contribution in [0.4, 0.5) is 0 Å². The highest BCUT2D eigenvalue weighted by Crippen LogP contribution is 2.13. The molecule has 1 aromatic heterocycles. The molecule has 5 nitrogen and oxygen atoms in total. The lowest BCUT2D eigenvalue weighted by Gasteiger charge is -2.36. The van der Waals surface area contributed by atoms with Crippen molar-refractivity contribution in [3.05, 3.63) is 41.7 Å². The summed E-state index contributed by atoms with van der Waals surface area (Å²) in [6.07, 6.45) is 6.19. The van der Waals surface area contributed by atoms with Gasteiger partial charge >= 0.3 is 0 Å². The number of β-amino-alcohol motifs (C(OH)–C–C–N with tert-alkyl or cyclic N) is 1. The number of aromatic nitrogens is 1. The number of nitrogens with one attached hydrogen (secondary N) is 1. The third kappa shape index (κ3) is 5.44. The van der Waals surface area contributed by atoms with Crippen LogP contribution in [0.5, 0.6) is 0 Å². The van der Waals surface area contributed by atoms with E-state index in [1.54, 1.807) is 24.4 Å². The molecule has 0 saturated carbocycles. The molecule has 5 heteroatoms. The molecule has 2 heterocycles. The molecule has 0 radical (unpaired) electrons. The zero-order valence-electron chi connectivity index (χ0n) is 14.0. The van der Waals surface area contributed by atoms with Gasteiger partial charge in [0.15, 0.2) is 0 Å². The van der Waals surface area contributed by atoms with Crippen molar-refractivity contribution in [2.24, 2.45) is 0 Å². The Morgan fingerprint density at radius 2 is 2.35 bits per heavy atom. The fourth-order valence-electron chi connectivity index (χ4n) is 2.75. The van der Waals surface area contributed by atoms with E-state index in [-0.39, 0.29) is 11.9 Å². The number of nitrogens with zero attached hydrogens (tertiary/aromatic N) is 2. The van der Waals surface area contributed by atoms with E-state index in [4.69, 9.17) is 0 Å². The molecule has 1 aliphatic rings.